The molecule has 1 amide bonds. The van der Waals surface area contributed by atoms with Gasteiger partial charge in [0.25, 0.3) is 5.91 Å². The summed E-state index contributed by atoms with van der Waals surface area (Å²) in [5.41, 5.74) is 2.34. The van der Waals surface area contributed by atoms with Crippen LogP contribution in [0.4, 0.5) is 0 Å². The topological polar surface area (TPSA) is 63.8 Å². The zero-order valence-corrected chi connectivity index (χ0v) is 11.5. The molecule has 0 bridgehead atoms. The van der Waals surface area contributed by atoms with Gasteiger partial charge in [-0.25, -0.2) is 5.43 Å². The van der Waals surface area contributed by atoms with Crippen molar-refractivity contribution < 1.29 is 13.9 Å². The fourth-order valence-corrected chi connectivity index (χ4v) is 1.58. The summed E-state index contributed by atoms with van der Waals surface area (Å²) in [7, 11) is 0. The summed E-state index contributed by atoms with van der Waals surface area (Å²) < 4.78 is 11.0. The Morgan fingerprint density at radius 3 is 2.79 bits per heavy atom. The third-order valence-corrected chi connectivity index (χ3v) is 2.51. The number of furan rings is 1. The van der Waals surface area contributed by atoms with Gasteiger partial charge < -0.3 is 9.15 Å². The van der Waals surface area contributed by atoms with Crippen LogP contribution in [0.25, 0.3) is 0 Å². The van der Waals surface area contributed by atoms with Gasteiger partial charge in [-0.3, -0.25) is 4.79 Å². The highest BCUT2D eigenvalue weighted by atomic mass is 79.9. The highest BCUT2D eigenvalue weighted by Gasteiger charge is 2.01. The largest absolute Gasteiger partial charge is 0.484 e. The number of ether oxygens (including phenoxy) is 1. The maximum atomic E-state index is 11.4. The number of nitrogens with one attached hydrogen (secondary N) is 1. The summed E-state index contributed by atoms with van der Waals surface area (Å²) in [6, 6.07) is 12.6. The Balaban J connectivity index is 1.74. The molecule has 0 radical (unpaired) electrons. The fraction of sp³-hybridized carbons (Fsp3) is 0.0769. The van der Waals surface area contributed by atoms with Crippen molar-refractivity contribution in [2.75, 3.05) is 6.61 Å². The molecular formula is C13H11BrN2O3. The number of carbonyl (C=O) groups excluding carboxylic acids is 1. The van der Waals surface area contributed by atoms with Crippen LogP contribution in [0.3, 0.4) is 0 Å². The lowest BCUT2D eigenvalue weighted by Gasteiger charge is -2.03. The van der Waals surface area contributed by atoms with Gasteiger partial charge in [0.2, 0.25) is 0 Å². The molecule has 1 aromatic heterocycles. The average Bonchev–Trinajstić information content (AvgIpc) is 2.83. The van der Waals surface area contributed by atoms with Crippen LogP contribution in [-0.2, 0) is 4.79 Å². The van der Waals surface area contributed by atoms with Gasteiger partial charge >= 0.3 is 0 Å². The van der Waals surface area contributed by atoms with Crippen LogP contribution in [0, 0.1) is 0 Å². The standard InChI is InChI=1S/C13H11BrN2O3/c14-12-7-6-11(19-12)8-15-16-13(17)9-18-10-4-2-1-3-5-10/h1-8H,9H2,(H,16,17). The van der Waals surface area contributed by atoms with Crippen molar-refractivity contribution in [1.29, 1.82) is 0 Å². The van der Waals surface area contributed by atoms with Crippen LogP contribution in [0.5, 0.6) is 5.75 Å². The van der Waals surface area contributed by atoms with Crippen molar-refractivity contribution in [1.82, 2.24) is 5.43 Å². The fourth-order valence-electron chi connectivity index (χ4n) is 1.26. The van der Waals surface area contributed by atoms with E-state index in [0.717, 1.165) is 0 Å². The first kappa shape index (κ1) is 13.4. The number of amides is 1. The number of halogens is 1. The molecule has 1 aromatic carbocycles. The van der Waals surface area contributed by atoms with Gasteiger partial charge in [-0.05, 0) is 40.2 Å². The van der Waals surface area contributed by atoms with Gasteiger partial charge in [0, 0.05) is 0 Å². The lowest BCUT2D eigenvalue weighted by Crippen LogP contribution is -2.24. The number of hydrazone groups is 1. The first-order chi connectivity index (χ1) is 9.24. The Morgan fingerprint density at radius 2 is 2.11 bits per heavy atom. The van der Waals surface area contributed by atoms with E-state index in [0.29, 0.717) is 16.2 Å². The molecule has 1 N–H and O–H groups in total. The molecule has 0 spiro atoms. The second-order valence-electron chi connectivity index (χ2n) is 3.54. The third kappa shape index (κ3) is 4.59. The predicted octanol–water partition coefficient (Wildman–Crippen LogP) is 2.57. The van der Waals surface area contributed by atoms with Crippen LogP contribution in [0.2, 0.25) is 0 Å². The van der Waals surface area contributed by atoms with Crippen LogP contribution in [0.15, 0.2) is 56.7 Å². The van der Waals surface area contributed by atoms with Crippen molar-refractivity contribution >= 4 is 28.1 Å². The SMILES string of the molecule is O=C(COc1ccccc1)NN=Cc1ccc(Br)o1. The molecule has 0 fully saturated rings. The molecule has 0 aliphatic heterocycles. The molecule has 6 heteroatoms. The molecule has 1 heterocycles. The van der Waals surface area contributed by atoms with Crippen molar-refractivity contribution in [3.63, 3.8) is 0 Å². The number of hydrogen-bond donors (Lipinski definition) is 1. The Hall–Kier alpha value is -2.08. The molecule has 0 atom stereocenters. The van der Waals surface area contributed by atoms with E-state index in [1.807, 2.05) is 18.2 Å². The van der Waals surface area contributed by atoms with E-state index in [1.165, 1.54) is 6.21 Å². The van der Waals surface area contributed by atoms with Crippen LogP contribution in [-0.4, -0.2) is 18.7 Å². The molecule has 0 aliphatic carbocycles. The molecular weight excluding hydrogens is 312 g/mol. The van der Waals surface area contributed by atoms with Crippen molar-refractivity contribution in [3.05, 3.63) is 52.9 Å². The molecule has 0 saturated heterocycles. The maximum Gasteiger partial charge on any atom is 0.277 e. The molecule has 5 nitrogen and oxygen atoms in total. The summed E-state index contributed by atoms with van der Waals surface area (Å²) >= 11 is 3.17. The van der Waals surface area contributed by atoms with Crippen molar-refractivity contribution in [2.24, 2.45) is 5.10 Å². The minimum absolute atomic E-state index is 0.0940. The number of hydrogen-bond acceptors (Lipinski definition) is 4. The van der Waals surface area contributed by atoms with Crippen molar-refractivity contribution in [3.8, 4) is 5.75 Å². The van der Waals surface area contributed by atoms with Crippen LogP contribution < -0.4 is 10.2 Å². The van der Waals surface area contributed by atoms with Crippen LogP contribution >= 0.6 is 15.9 Å². The molecule has 0 aliphatic rings. The Bertz CT molecular complexity index is 566. The monoisotopic (exact) mass is 322 g/mol. The number of rotatable bonds is 5. The Kier molecular flexibility index (Phi) is 4.74. The molecule has 0 saturated carbocycles. The van der Waals surface area contributed by atoms with E-state index in [4.69, 9.17) is 9.15 Å². The second kappa shape index (κ2) is 6.75. The van der Waals surface area contributed by atoms with Gasteiger partial charge in [0.1, 0.15) is 11.5 Å². The number of carbonyl (C=O) groups is 1. The summed E-state index contributed by atoms with van der Waals surface area (Å²) in [5.74, 6) is 0.832. The van der Waals surface area contributed by atoms with Crippen LogP contribution in [0.1, 0.15) is 5.76 Å². The number of para-hydroxylation sites is 1. The summed E-state index contributed by atoms with van der Waals surface area (Å²) in [6.45, 7) is -0.0940. The van der Waals surface area contributed by atoms with E-state index in [-0.39, 0.29) is 12.5 Å². The summed E-state index contributed by atoms with van der Waals surface area (Å²) in [6.07, 6.45) is 1.41. The van der Waals surface area contributed by atoms with E-state index in [9.17, 15) is 4.79 Å². The summed E-state index contributed by atoms with van der Waals surface area (Å²) in [4.78, 5) is 11.4. The average molecular weight is 323 g/mol. The number of nitrogens with zero attached hydrogens (tertiary/aromatic N) is 1. The van der Waals surface area contributed by atoms with Crippen molar-refractivity contribution in [2.45, 2.75) is 0 Å². The maximum absolute atomic E-state index is 11.4. The normalized spacial score (nSPS) is 10.6. The van der Waals surface area contributed by atoms with Gasteiger partial charge in [0.15, 0.2) is 11.3 Å². The van der Waals surface area contributed by atoms with E-state index in [1.54, 1.807) is 24.3 Å². The molecule has 19 heavy (non-hydrogen) atoms. The van der Waals surface area contributed by atoms with Gasteiger partial charge in [-0.15, -0.1) is 0 Å². The van der Waals surface area contributed by atoms with E-state index >= 15 is 0 Å². The highest BCUT2D eigenvalue weighted by molar-refractivity contribution is 9.10. The highest BCUT2D eigenvalue weighted by Crippen LogP contribution is 2.12. The Morgan fingerprint density at radius 1 is 1.32 bits per heavy atom. The minimum atomic E-state index is -0.342. The third-order valence-electron chi connectivity index (χ3n) is 2.09. The first-order valence-electron chi connectivity index (χ1n) is 5.49. The zero-order chi connectivity index (χ0) is 13.5. The van der Waals surface area contributed by atoms with E-state index in [2.05, 4.69) is 26.5 Å². The number of benzene rings is 1. The lowest BCUT2D eigenvalue weighted by molar-refractivity contribution is -0.123. The second-order valence-corrected chi connectivity index (χ2v) is 4.32. The van der Waals surface area contributed by atoms with Gasteiger partial charge in [-0.2, -0.15) is 5.10 Å². The smallest absolute Gasteiger partial charge is 0.277 e. The minimum Gasteiger partial charge on any atom is -0.484 e. The lowest BCUT2D eigenvalue weighted by atomic mass is 10.3. The molecule has 98 valence electrons. The summed E-state index contributed by atoms with van der Waals surface area (Å²) in [5, 5.41) is 3.75. The Labute approximate surface area is 118 Å². The zero-order valence-electron chi connectivity index (χ0n) is 9.88. The van der Waals surface area contributed by atoms with E-state index < -0.39 is 0 Å². The molecule has 2 aromatic rings. The molecule has 2 rings (SSSR count). The first-order valence-corrected chi connectivity index (χ1v) is 6.28. The quantitative estimate of drug-likeness (QED) is 0.679. The van der Waals surface area contributed by atoms with Gasteiger partial charge in [0.05, 0.1) is 6.21 Å². The predicted molar refractivity (Wildman–Crippen MR) is 74.1 cm³/mol. The molecule has 0 unspecified atom stereocenters. The van der Waals surface area contributed by atoms with Gasteiger partial charge in [-0.1, -0.05) is 18.2 Å².